The summed E-state index contributed by atoms with van der Waals surface area (Å²) in [5.41, 5.74) is 7.07. The first-order chi connectivity index (χ1) is 19.9. The number of pyridine rings is 1. The zero-order chi connectivity index (χ0) is 28.4. The van der Waals surface area contributed by atoms with Crippen molar-refractivity contribution in [1.82, 2.24) is 14.9 Å². The Kier molecular flexibility index (Phi) is 7.54. The minimum atomic E-state index is -0.426. The minimum Gasteiger partial charge on any atom is -0.465 e. The summed E-state index contributed by atoms with van der Waals surface area (Å²) in [6.07, 6.45) is 7.03. The van der Waals surface area contributed by atoms with Crippen LogP contribution in [0.3, 0.4) is 0 Å². The molecule has 0 saturated carbocycles. The molecule has 2 aliphatic rings. The van der Waals surface area contributed by atoms with Gasteiger partial charge in [0.15, 0.2) is 0 Å². The summed E-state index contributed by atoms with van der Waals surface area (Å²) < 4.78 is 11.3. The van der Waals surface area contributed by atoms with Crippen molar-refractivity contribution < 1.29 is 14.3 Å². The number of allylic oxidation sites excluding steroid dienone is 1. The Hall–Kier alpha value is -4.10. The number of nitrogens with zero attached hydrogens (tertiary/aromatic N) is 3. The second-order valence-electron chi connectivity index (χ2n) is 11.9. The van der Waals surface area contributed by atoms with Crippen LogP contribution in [0.2, 0.25) is 0 Å². The van der Waals surface area contributed by atoms with E-state index in [2.05, 4.69) is 63.9 Å². The summed E-state index contributed by atoms with van der Waals surface area (Å²) in [7, 11) is 1.39. The lowest BCUT2D eigenvalue weighted by Gasteiger charge is -2.39. The molecule has 0 spiro atoms. The van der Waals surface area contributed by atoms with E-state index >= 15 is 0 Å². The number of piperazine rings is 1. The lowest BCUT2D eigenvalue weighted by Crippen LogP contribution is -2.47. The van der Waals surface area contributed by atoms with E-state index in [-0.39, 0.29) is 0 Å². The molecule has 7 heteroatoms. The predicted octanol–water partition coefficient (Wildman–Crippen LogP) is 6.93. The third-order valence-electron chi connectivity index (χ3n) is 8.42. The number of esters is 1. The number of rotatable bonds is 7. The normalized spacial score (nSPS) is 17.6. The highest BCUT2D eigenvalue weighted by atomic mass is 16.5. The standard InChI is InChI=1S/C34H38N4O3/c1-34(2)13-11-29(24-7-5-4-6-8-24)26(21-34)23-37-15-17-38(18-16-37)27-9-10-30(33(39)40-3)31(20-27)41-28-19-25-12-14-35-32(25)36-22-28/h4-10,12,14,19-20,22H,11,13,15-18,21,23H2,1-3H3,(H,35,36). The minimum absolute atomic E-state index is 0.342. The topological polar surface area (TPSA) is 70.7 Å². The van der Waals surface area contributed by atoms with Crippen molar-refractivity contribution in [2.45, 2.75) is 33.1 Å². The molecule has 0 atom stereocenters. The van der Waals surface area contributed by atoms with Gasteiger partial charge in [-0.05, 0) is 60.1 Å². The van der Waals surface area contributed by atoms with Gasteiger partial charge in [0.1, 0.15) is 22.7 Å². The highest BCUT2D eigenvalue weighted by Gasteiger charge is 2.29. The van der Waals surface area contributed by atoms with Crippen molar-refractivity contribution in [3.63, 3.8) is 0 Å². The Labute approximate surface area is 241 Å². The summed E-state index contributed by atoms with van der Waals surface area (Å²) in [6, 6.07) is 20.5. The van der Waals surface area contributed by atoms with Gasteiger partial charge in [-0.1, -0.05) is 49.8 Å². The van der Waals surface area contributed by atoms with E-state index in [0.29, 0.717) is 22.5 Å². The van der Waals surface area contributed by atoms with Crippen LogP contribution in [0.15, 0.2) is 78.6 Å². The molecule has 6 rings (SSSR count). The fourth-order valence-electron chi connectivity index (χ4n) is 6.16. The van der Waals surface area contributed by atoms with Crippen LogP contribution in [0.1, 0.15) is 49.0 Å². The number of fused-ring (bicyclic) bond motifs is 1. The van der Waals surface area contributed by atoms with Gasteiger partial charge >= 0.3 is 5.97 Å². The first-order valence-electron chi connectivity index (χ1n) is 14.5. The molecule has 1 saturated heterocycles. The molecule has 4 aromatic rings. The summed E-state index contributed by atoms with van der Waals surface area (Å²) >= 11 is 0. The fourth-order valence-corrected chi connectivity index (χ4v) is 6.16. The Morgan fingerprint density at radius 3 is 2.61 bits per heavy atom. The lowest BCUT2D eigenvalue weighted by atomic mass is 9.73. The first-order valence-corrected chi connectivity index (χ1v) is 14.5. The number of hydrogen-bond donors (Lipinski definition) is 1. The van der Waals surface area contributed by atoms with Gasteiger partial charge in [-0.15, -0.1) is 0 Å². The maximum absolute atomic E-state index is 12.5. The molecule has 212 valence electrons. The molecule has 2 aromatic carbocycles. The maximum Gasteiger partial charge on any atom is 0.341 e. The molecule has 0 bridgehead atoms. The smallest absolute Gasteiger partial charge is 0.341 e. The van der Waals surface area contributed by atoms with Gasteiger partial charge in [0, 0.05) is 56.1 Å². The van der Waals surface area contributed by atoms with E-state index in [9.17, 15) is 4.79 Å². The Balaban J connectivity index is 1.18. The van der Waals surface area contributed by atoms with Crippen molar-refractivity contribution in [1.29, 1.82) is 0 Å². The molecule has 1 N–H and O–H groups in total. The number of carbonyl (C=O) groups excluding carboxylic acids is 1. The van der Waals surface area contributed by atoms with Crippen LogP contribution >= 0.6 is 0 Å². The van der Waals surface area contributed by atoms with E-state index in [0.717, 1.165) is 62.3 Å². The van der Waals surface area contributed by atoms with Gasteiger partial charge in [0.2, 0.25) is 0 Å². The largest absolute Gasteiger partial charge is 0.465 e. The SMILES string of the molecule is COC(=O)c1ccc(N2CCN(CC3=C(c4ccccc4)CCC(C)(C)C3)CC2)cc1Oc1cnc2[nH]ccc2c1. The van der Waals surface area contributed by atoms with Crippen LogP contribution in [0.5, 0.6) is 11.5 Å². The number of nitrogens with one attached hydrogen (secondary N) is 1. The number of ether oxygens (including phenoxy) is 2. The molecule has 41 heavy (non-hydrogen) atoms. The molecule has 0 radical (unpaired) electrons. The van der Waals surface area contributed by atoms with E-state index in [1.165, 1.54) is 19.1 Å². The van der Waals surface area contributed by atoms with E-state index in [1.54, 1.807) is 23.4 Å². The van der Waals surface area contributed by atoms with E-state index in [1.807, 2.05) is 30.5 Å². The summed E-state index contributed by atoms with van der Waals surface area (Å²) in [5, 5.41) is 0.946. The fraction of sp³-hybridized carbons (Fsp3) is 0.353. The van der Waals surface area contributed by atoms with Crippen molar-refractivity contribution in [2.24, 2.45) is 5.41 Å². The average Bonchev–Trinajstić information content (AvgIpc) is 3.45. The number of H-pyrrole nitrogens is 1. The molecule has 0 unspecified atom stereocenters. The quantitative estimate of drug-likeness (QED) is 0.252. The summed E-state index contributed by atoms with van der Waals surface area (Å²) in [5.74, 6) is 0.614. The van der Waals surface area contributed by atoms with Crippen LogP contribution in [0.25, 0.3) is 16.6 Å². The first kappa shape index (κ1) is 27.1. The molecule has 1 aliphatic carbocycles. The van der Waals surface area contributed by atoms with Crippen LogP contribution < -0.4 is 9.64 Å². The van der Waals surface area contributed by atoms with Crippen molar-refractivity contribution in [3.8, 4) is 11.5 Å². The van der Waals surface area contributed by atoms with Crippen molar-refractivity contribution in [2.75, 3.05) is 44.7 Å². The van der Waals surface area contributed by atoms with Crippen molar-refractivity contribution in [3.05, 3.63) is 89.8 Å². The Bertz CT molecular complexity index is 1570. The van der Waals surface area contributed by atoms with Gasteiger partial charge in [-0.3, -0.25) is 4.90 Å². The lowest BCUT2D eigenvalue weighted by molar-refractivity contribution is 0.0598. The number of benzene rings is 2. The molecule has 2 aromatic heterocycles. The molecular formula is C34H38N4O3. The number of anilines is 1. The van der Waals surface area contributed by atoms with Crippen LogP contribution in [-0.4, -0.2) is 60.7 Å². The second-order valence-corrected chi connectivity index (χ2v) is 11.9. The molecular weight excluding hydrogens is 512 g/mol. The zero-order valence-corrected chi connectivity index (χ0v) is 24.2. The third kappa shape index (κ3) is 6.00. The molecule has 1 aliphatic heterocycles. The molecule has 1 fully saturated rings. The molecule has 7 nitrogen and oxygen atoms in total. The van der Waals surface area contributed by atoms with E-state index in [4.69, 9.17) is 9.47 Å². The predicted molar refractivity (Wildman–Crippen MR) is 164 cm³/mol. The maximum atomic E-state index is 12.5. The van der Waals surface area contributed by atoms with Crippen molar-refractivity contribution >= 4 is 28.3 Å². The molecule has 3 heterocycles. The van der Waals surface area contributed by atoms with Gasteiger partial charge < -0.3 is 19.4 Å². The van der Waals surface area contributed by atoms with Gasteiger partial charge in [0.25, 0.3) is 0 Å². The summed E-state index contributed by atoms with van der Waals surface area (Å²) in [6.45, 7) is 9.60. The summed E-state index contributed by atoms with van der Waals surface area (Å²) in [4.78, 5) is 25.0. The average molecular weight is 551 g/mol. The number of methoxy groups -OCH3 is 1. The number of hydrogen-bond acceptors (Lipinski definition) is 6. The Morgan fingerprint density at radius 2 is 1.83 bits per heavy atom. The zero-order valence-electron chi connectivity index (χ0n) is 24.2. The molecule has 0 amide bonds. The monoisotopic (exact) mass is 550 g/mol. The van der Waals surface area contributed by atoms with Gasteiger partial charge in [-0.2, -0.15) is 0 Å². The van der Waals surface area contributed by atoms with Crippen LogP contribution in [0, 0.1) is 5.41 Å². The van der Waals surface area contributed by atoms with Crippen LogP contribution in [-0.2, 0) is 4.74 Å². The van der Waals surface area contributed by atoms with E-state index < -0.39 is 5.97 Å². The number of aromatic amines is 1. The highest BCUT2D eigenvalue weighted by Crippen LogP contribution is 2.42. The number of aromatic nitrogens is 2. The third-order valence-corrected chi connectivity index (χ3v) is 8.42. The van der Waals surface area contributed by atoms with Gasteiger partial charge in [-0.25, -0.2) is 9.78 Å². The number of carbonyl (C=O) groups is 1. The van der Waals surface area contributed by atoms with Crippen LogP contribution in [0.4, 0.5) is 5.69 Å². The Morgan fingerprint density at radius 1 is 1.02 bits per heavy atom. The second kappa shape index (κ2) is 11.4. The highest BCUT2D eigenvalue weighted by molar-refractivity contribution is 5.93. The van der Waals surface area contributed by atoms with Gasteiger partial charge in [0.05, 0.1) is 13.3 Å².